The van der Waals surface area contributed by atoms with Gasteiger partial charge in [0.25, 0.3) is 5.56 Å². The van der Waals surface area contributed by atoms with Crippen LogP contribution in [-0.4, -0.2) is 52.4 Å². The second-order valence-electron chi connectivity index (χ2n) is 15.4. The summed E-state index contributed by atoms with van der Waals surface area (Å²) >= 11 is 0. The Labute approximate surface area is 339 Å². The number of nitrogens with one attached hydrogen (secondary N) is 1. The van der Waals surface area contributed by atoms with Crippen LogP contribution in [0.2, 0.25) is 0 Å². The first-order valence-corrected chi connectivity index (χ1v) is 22.5. The van der Waals surface area contributed by atoms with Crippen LogP contribution in [0.25, 0.3) is 0 Å². The van der Waals surface area contributed by atoms with E-state index in [-0.39, 0.29) is 6.61 Å². The van der Waals surface area contributed by atoms with Crippen LogP contribution in [0.5, 0.6) is 0 Å². The molecule has 1 aromatic rings. The van der Waals surface area contributed by atoms with E-state index in [2.05, 4.69) is 72.6 Å². The minimum Gasteiger partial charge on any atom is -0.393 e. The van der Waals surface area contributed by atoms with Gasteiger partial charge < -0.3 is 19.4 Å². The van der Waals surface area contributed by atoms with Crippen molar-refractivity contribution in [3.63, 3.8) is 0 Å². The van der Waals surface area contributed by atoms with E-state index in [1.807, 2.05) is 0 Å². The van der Waals surface area contributed by atoms with E-state index in [4.69, 9.17) is 14.3 Å². The lowest BCUT2D eigenvalue weighted by molar-refractivity contribution is -0.0719. The zero-order chi connectivity index (χ0) is 40.3. The molecule has 1 fully saturated rings. The molecule has 0 saturated carbocycles. The summed E-state index contributed by atoms with van der Waals surface area (Å²) in [6, 6.07) is 1.24. The summed E-state index contributed by atoms with van der Waals surface area (Å²) in [4.78, 5) is 32.0. The highest BCUT2D eigenvalue weighted by atomic mass is 16.7. The van der Waals surface area contributed by atoms with Crippen LogP contribution < -0.4 is 11.2 Å². The van der Waals surface area contributed by atoms with E-state index in [1.165, 1.54) is 152 Å². The minimum atomic E-state index is -1.03. The number of allylic oxidation sites excluding steroid dienone is 8. The van der Waals surface area contributed by atoms with Gasteiger partial charge in [-0.15, -0.1) is 0 Å². The normalized spacial score (nSPS) is 18.7. The average Bonchev–Trinajstić information content (AvgIpc) is 3.51. The number of unbranched alkanes of at least 4 members (excludes halogenated alkanes) is 18. The fourth-order valence-corrected chi connectivity index (χ4v) is 7.02. The molecule has 4 atom stereocenters. The van der Waals surface area contributed by atoms with E-state index < -0.39 is 35.8 Å². The molecule has 2 N–H and O–H groups in total. The molecule has 2 rings (SSSR count). The molecular formula is C47H79N3O6. The molecule has 1 aliphatic heterocycles. The van der Waals surface area contributed by atoms with Gasteiger partial charge >= 0.3 is 5.69 Å². The van der Waals surface area contributed by atoms with Gasteiger partial charge in [-0.25, -0.2) is 4.79 Å². The Morgan fingerprint density at radius 3 is 1.64 bits per heavy atom. The molecule has 9 heteroatoms. The molecule has 1 unspecified atom stereocenters. The summed E-state index contributed by atoms with van der Waals surface area (Å²) in [7, 11) is 1.46. The topological polar surface area (TPSA) is 115 Å². The maximum absolute atomic E-state index is 12.4. The van der Waals surface area contributed by atoms with E-state index in [0.717, 1.165) is 44.2 Å². The Kier molecular flexibility index (Phi) is 29.9. The van der Waals surface area contributed by atoms with Crippen molar-refractivity contribution >= 4 is 5.71 Å². The van der Waals surface area contributed by atoms with Gasteiger partial charge in [0.05, 0.1) is 5.71 Å². The molecule has 0 spiro atoms. The van der Waals surface area contributed by atoms with Crippen LogP contribution in [-0.2, 0) is 14.3 Å². The van der Waals surface area contributed by atoms with Crippen LogP contribution in [0.1, 0.15) is 187 Å². The van der Waals surface area contributed by atoms with Gasteiger partial charge in [0.2, 0.25) is 0 Å². The number of H-pyrrole nitrogens is 1. The van der Waals surface area contributed by atoms with Gasteiger partial charge in [-0.05, 0) is 89.9 Å². The standard InChI is InChI=1S/C47H79N3O6/c1-4-6-8-10-12-14-16-18-20-22-24-26-28-30-32-34-36-41(37-35-33-31-29-27-25-23-21-19-17-15-13-11-9-7-5-2)49-55-40-42-44(52)45(54-3)46(56-42)50-39-38-43(51)48-47(50)53/h12-15,18-21,38-39,42,44-46,52H,4-11,16-17,22-37,40H2,1-3H3,(H,48,51,53)/b14-12-,15-13-,20-18-,21-19-/t42-,44?,45+,46-/m1/s1. The zero-order valence-electron chi connectivity index (χ0n) is 35.6. The number of hydrogen-bond acceptors (Lipinski definition) is 7. The maximum atomic E-state index is 12.4. The first kappa shape index (κ1) is 49.1. The van der Waals surface area contributed by atoms with Crippen molar-refractivity contribution in [2.24, 2.45) is 5.16 Å². The highest BCUT2D eigenvalue weighted by Crippen LogP contribution is 2.30. The number of methoxy groups -OCH3 is 1. The number of ether oxygens (including phenoxy) is 2. The number of aromatic nitrogens is 2. The zero-order valence-corrected chi connectivity index (χ0v) is 35.6. The lowest BCUT2D eigenvalue weighted by atomic mass is 10.0. The van der Waals surface area contributed by atoms with Crippen molar-refractivity contribution in [2.45, 2.75) is 205 Å². The lowest BCUT2D eigenvalue weighted by Crippen LogP contribution is -2.38. The van der Waals surface area contributed by atoms with Crippen LogP contribution in [0, 0.1) is 0 Å². The Hall–Kier alpha value is -3.01. The molecule has 0 aliphatic carbocycles. The summed E-state index contributed by atoms with van der Waals surface area (Å²) in [5.74, 6) is 0. The third-order valence-electron chi connectivity index (χ3n) is 10.5. The van der Waals surface area contributed by atoms with Crippen molar-refractivity contribution in [1.82, 2.24) is 9.55 Å². The van der Waals surface area contributed by atoms with Crippen molar-refractivity contribution in [3.05, 3.63) is 81.7 Å². The molecule has 318 valence electrons. The van der Waals surface area contributed by atoms with Crippen molar-refractivity contribution < 1.29 is 19.4 Å². The summed E-state index contributed by atoms with van der Waals surface area (Å²) in [6.45, 7) is 4.53. The number of aromatic amines is 1. The first-order valence-electron chi connectivity index (χ1n) is 22.5. The van der Waals surface area contributed by atoms with Gasteiger partial charge in [0.15, 0.2) is 6.23 Å². The monoisotopic (exact) mass is 782 g/mol. The highest BCUT2D eigenvalue weighted by Gasteiger charge is 2.46. The van der Waals surface area contributed by atoms with Crippen molar-refractivity contribution in [3.8, 4) is 0 Å². The third kappa shape index (κ3) is 23.3. The molecule has 1 aliphatic rings. The van der Waals surface area contributed by atoms with Gasteiger partial charge in [0.1, 0.15) is 24.9 Å². The number of aliphatic hydroxyl groups is 1. The first-order chi connectivity index (χ1) is 27.5. The van der Waals surface area contributed by atoms with Gasteiger partial charge in [-0.1, -0.05) is 145 Å². The predicted molar refractivity (Wildman–Crippen MR) is 233 cm³/mol. The molecule has 0 amide bonds. The second-order valence-corrected chi connectivity index (χ2v) is 15.4. The molecular weight excluding hydrogens is 703 g/mol. The smallest absolute Gasteiger partial charge is 0.330 e. The Balaban J connectivity index is 1.73. The number of aliphatic hydroxyl groups excluding tert-OH is 1. The van der Waals surface area contributed by atoms with Crippen LogP contribution >= 0.6 is 0 Å². The summed E-state index contributed by atoms with van der Waals surface area (Å²) in [5.41, 5.74) is -0.0661. The molecule has 1 saturated heterocycles. The summed E-state index contributed by atoms with van der Waals surface area (Å²) in [5, 5.41) is 15.5. The molecule has 56 heavy (non-hydrogen) atoms. The number of rotatable bonds is 35. The predicted octanol–water partition coefficient (Wildman–Crippen LogP) is 11.6. The maximum Gasteiger partial charge on any atom is 0.330 e. The van der Waals surface area contributed by atoms with E-state index in [1.54, 1.807) is 0 Å². The van der Waals surface area contributed by atoms with Crippen molar-refractivity contribution in [2.75, 3.05) is 13.7 Å². The van der Waals surface area contributed by atoms with Crippen LogP contribution in [0.4, 0.5) is 0 Å². The number of oxime groups is 1. The fourth-order valence-electron chi connectivity index (χ4n) is 7.02. The van der Waals surface area contributed by atoms with Crippen molar-refractivity contribution in [1.29, 1.82) is 0 Å². The van der Waals surface area contributed by atoms with Crippen LogP contribution in [0.3, 0.4) is 0 Å². The van der Waals surface area contributed by atoms with E-state index in [0.29, 0.717) is 0 Å². The van der Waals surface area contributed by atoms with Crippen LogP contribution in [0.15, 0.2) is 75.6 Å². The molecule has 0 radical (unpaired) electrons. The Morgan fingerprint density at radius 2 is 1.18 bits per heavy atom. The van der Waals surface area contributed by atoms with Gasteiger partial charge in [-0.3, -0.25) is 14.3 Å². The quantitative estimate of drug-likeness (QED) is 0.0307. The summed E-state index contributed by atoms with van der Waals surface area (Å²) < 4.78 is 12.7. The molecule has 0 bridgehead atoms. The summed E-state index contributed by atoms with van der Waals surface area (Å²) in [6.07, 6.45) is 47.4. The largest absolute Gasteiger partial charge is 0.393 e. The highest BCUT2D eigenvalue weighted by molar-refractivity contribution is 5.83. The second kappa shape index (κ2) is 34.1. The van der Waals surface area contributed by atoms with Gasteiger partial charge in [0, 0.05) is 19.4 Å². The van der Waals surface area contributed by atoms with Gasteiger partial charge in [-0.2, -0.15) is 0 Å². The number of nitrogens with zero attached hydrogens (tertiary/aromatic N) is 2. The lowest BCUT2D eigenvalue weighted by Gasteiger charge is -2.19. The molecule has 0 aromatic carbocycles. The molecule has 9 nitrogen and oxygen atoms in total. The minimum absolute atomic E-state index is 0.0342. The number of hydrogen-bond donors (Lipinski definition) is 2. The third-order valence-corrected chi connectivity index (χ3v) is 10.5. The fraction of sp³-hybridized carbons (Fsp3) is 0.723. The van der Waals surface area contributed by atoms with E-state index in [9.17, 15) is 14.7 Å². The SMILES string of the molecule is CCCCC/C=C\C/C=C\CCCCCCCCC(CCCCCCCC/C=C\C/C=C\CCCCC)=NOC[C@H]1O[C@@H](n2ccc(=O)[nH]c2=O)[C@@H](OC)C1O. The Morgan fingerprint density at radius 1 is 0.714 bits per heavy atom. The average molecular weight is 782 g/mol. The van der Waals surface area contributed by atoms with E-state index >= 15 is 0 Å². The molecule has 1 aromatic heterocycles. The Bertz CT molecular complexity index is 1310. The molecule has 2 heterocycles.